The topological polar surface area (TPSA) is 86.3 Å². The monoisotopic (exact) mass is 313 g/mol. The van der Waals surface area contributed by atoms with Crippen molar-refractivity contribution in [2.75, 3.05) is 19.8 Å². The van der Waals surface area contributed by atoms with Crippen LogP contribution >= 0.6 is 0 Å². The molecule has 118 valence electrons. The van der Waals surface area contributed by atoms with E-state index in [0.717, 1.165) is 11.1 Å². The summed E-state index contributed by atoms with van der Waals surface area (Å²) in [5.74, 6) is -0.107. The van der Waals surface area contributed by atoms with Crippen LogP contribution in [0.4, 0.5) is 8.78 Å². The van der Waals surface area contributed by atoms with E-state index < -0.39 is 24.9 Å². The summed E-state index contributed by atoms with van der Waals surface area (Å²) in [7, 11) is 0. The summed E-state index contributed by atoms with van der Waals surface area (Å²) in [6.07, 6.45) is -0.114. The number of halogens is 2. The lowest BCUT2D eigenvalue weighted by atomic mass is 10.2. The minimum Gasteiger partial charge on any atom is -0.377 e. The fraction of sp³-hybridized carbons (Fsp3) is 0.500. The van der Waals surface area contributed by atoms with Gasteiger partial charge in [0, 0.05) is 12.7 Å². The zero-order valence-corrected chi connectivity index (χ0v) is 11.4. The summed E-state index contributed by atoms with van der Waals surface area (Å²) in [6.45, 7) is 0.237. The fourth-order valence-electron chi connectivity index (χ4n) is 2.32. The van der Waals surface area contributed by atoms with Gasteiger partial charge in [-0.1, -0.05) is 5.16 Å². The molecule has 1 saturated heterocycles. The Morgan fingerprint density at radius 2 is 2.36 bits per heavy atom. The van der Waals surface area contributed by atoms with Crippen molar-refractivity contribution in [3.63, 3.8) is 0 Å². The first kappa shape index (κ1) is 14.6. The Morgan fingerprint density at radius 3 is 3.09 bits per heavy atom. The van der Waals surface area contributed by atoms with Gasteiger partial charge in [-0.05, 0) is 6.07 Å². The number of ether oxygens (including phenoxy) is 1. The average molecular weight is 313 g/mol. The molecule has 2 aromatic heterocycles. The number of carbonyl (C=O) groups is 1. The molecule has 22 heavy (non-hydrogen) atoms. The second-order valence-electron chi connectivity index (χ2n) is 4.67. The molecule has 0 aliphatic carbocycles. The maximum absolute atomic E-state index is 12.6. The summed E-state index contributed by atoms with van der Waals surface area (Å²) in [6, 6.07) is 0.892. The van der Waals surface area contributed by atoms with E-state index in [-0.39, 0.29) is 12.3 Å². The zero-order valence-electron chi connectivity index (χ0n) is 11.4. The Labute approximate surface area is 123 Å². The molecule has 1 atom stereocenters. The van der Waals surface area contributed by atoms with Crippen molar-refractivity contribution in [2.45, 2.75) is 19.0 Å². The number of hydrogen-bond donors (Lipinski definition) is 0. The number of morpholine rings is 1. The molecule has 1 aliphatic rings. The molecule has 0 aromatic carbocycles. The summed E-state index contributed by atoms with van der Waals surface area (Å²) < 4.78 is 36.1. The van der Waals surface area contributed by atoms with Gasteiger partial charge in [-0.3, -0.25) is 9.48 Å². The van der Waals surface area contributed by atoms with E-state index in [2.05, 4.69) is 15.2 Å². The van der Waals surface area contributed by atoms with Gasteiger partial charge in [0.05, 0.1) is 13.2 Å². The van der Waals surface area contributed by atoms with Crippen LogP contribution in [0.15, 0.2) is 23.2 Å². The quantitative estimate of drug-likeness (QED) is 0.827. The predicted octanol–water partition coefficient (Wildman–Crippen LogP) is 0.745. The Bertz CT molecular complexity index is 631. The number of amides is 1. The number of hydrogen-bond acceptors (Lipinski definition) is 6. The highest BCUT2D eigenvalue weighted by Crippen LogP contribution is 2.23. The Balaban J connectivity index is 1.85. The van der Waals surface area contributed by atoms with E-state index in [4.69, 9.17) is 9.26 Å². The molecular formula is C12H13F2N5O3. The lowest BCUT2D eigenvalue weighted by molar-refractivity contribution is -0.00660. The standard InChI is InChI=1S/C12H13F2N5O3/c13-10(14)5-19-8(1-2-16-19)12(20)18-3-4-21-6-9(18)11-15-7-22-17-11/h1-2,7,9-10H,3-6H2. The highest BCUT2D eigenvalue weighted by molar-refractivity contribution is 5.92. The normalized spacial score (nSPS) is 18.9. The SMILES string of the molecule is O=C(c1ccnn1CC(F)F)N1CCOCC1c1ncon1. The Morgan fingerprint density at radius 1 is 1.50 bits per heavy atom. The van der Waals surface area contributed by atoms with Crippen molar-refractivity contribution < 1.29 is 22.8 Å². The van der Waals surface area contributed by atoms with Crippen LogP contribution < -0.4 is 0 Å². The Kier molecular flexibility index (Phi) is 4.09. The number of aromatic nitrogens is 4. The van der Waals surface area contributed by atoms with Crippen LogP contribution in [0, 0.1) is 0 Å². The fourth-order valence-corrected chi connectivity index (χ4v) is 2.32. The highest BCUT2D eigenvalue weighted by atomic mass is 19.3. The third kappa shape index (κ3) is 2.82. The molecule has 10 heteroatoms. The van der Waals surface area contributed by atoms with Crippen molar-refractivity contribution in [2.24, 2.45) is 0 Å². The largest absolute Gasteiger partial charge is 0.377 e. The molecule has 2 aromatic rings. The molecule has 0 spiro atoms. The van der Waals surface area contributed by atoms with E-state index in [1.165, 1.54) is 17.2 Å². The van der Waals surface area contributed by atoms with Crippen LogP contribution in [0.2, 0.25) is 0 Å². The van der Waals surface area contributed by atoms with Crippen molar-refractivity contribution >= 4 is 5.91 Å². The molecule has 1 fully saturated rings. The number of nitrogens with zero attached hydrogens (tertiary/aromatic N) is 5. The molecule has 1 amide bonds. The molecule has 0 bridgehead atoms. The first-order valence-electron chi connectivity index (χ1n) is 6.61. The van der Waals surface area contributed by atoms with Crippen LogP contribution in [0.25, 0.3) is 0 Å². The number of alkyl halides is 2. The minimum atomic E-state index is -2.59. The minimum absolute atomic E-state index is 0.0932. The van der Waals surface area contributed by atoms with E-state index in [1.54, 1.807) is 0 Å². The highest BCUT2D eigenvalue weighted by Gasteiger charge is 2.33. The average Bonchev–Trinajstić information content (AvgIpc) is 3.17. The summed E-state index contributed by atoms with van der Waals surface area (Å²) >= 11 is 0. The summed E-state index contributed by atoms with van der Waals surface area (Å²) in [4.78, 5) is 18.1. The van der Waals surface area contributed by atoms with Gasteiger partial charge in [-0.25, -0.2) is 8.78 Å². The van der Waals surface area contributed by atoms with Crippen LogP contribution in [0.1, 0.15) is 22.4 Å². The van der Waals surface area contributed by atoms with Gasteiger partial charge in [0.2, 0.25) is 6.39 Å². The van der Waals surface area contributed by atoms with Crippen LogP contribution in [0.3, 0.4) is 0 Å². The molecule has 0 radical (unpaired) electrons. The van der Waals surface area contributed by atoms with E-state index >= 15 is 0 Å². The van der Waals surface area contributed by atoms with Gasteiger partial charge >= 0.3 is 0 Å². The third-order valence-electron chi connectivity index (χ3n) is 3.31. The second kappa shape index (κ2) is 6.18. The van der Waals surface area contributed by atoms with E-state index in [9.17, 15) is 13.6 Å². The van der Waals surface area contributed by atoms with Gasteiger partial charge < -0.3 is 14.2 Å². The summed E-state index contributed by atoms with van der Waals surface area (Å²) in [5, 5.41) is 7.49. The van der Waals surface area contributed by atoms with Gasteiger partial charge in [0.25, 0.3) is 12.3 Å². The lowest BCUT2D eigenvalue weighted by Gasteiger charge is -2.33. The van der Waals surface area contributed by atoms with Crippen molar-refractivity contribution in [3.8, 4) is 0 Å². The summed E-state index contributed by atoms with van der Waals surface area (Å²) in [5.41, 5.74) is 0.0932. The van der Waals surface area contributed by atoms with E-state index in [0.29, 0.717) is 19.0 Å². The van der Waals surface area contributed by atoms with Gasteiger partial charge in [0.15, 0.2) is 5.82 Å². The molecule has 3 rings (SSSR count). The predicted molar refractivity (Wildman–Crippen MR) is 67.1 cm³/mol. The lowest BCUT2D eigenvalue weighted by Crippen LogP contribution is -2.44. The molecule has 3 heterocycles. The molecule has 1 unspecified atom stereocenters. The molecule has 1 aliphatic heterocycles. The van der Waals surface area contributed by atoms with Crippen molar-refractivity contribution in [1.82, 2.24) is 24.8 Å². The molecule has 8 nitrogen and oxygen atoms in total. The smallest absolute Gasteiger partial charge is 0.272 e. The number of rotatable bonds is 4. The van der Waals surface area contributed by atoms with Crippen LogP contribution in [0.5, 0.6) is 0 Å². The van der Waals surface area contributed by atoms with Crippen LogP contribution in [-0.4, -0.2) is 56.9 Å². The van der Waals surface area contributed by atoms with Crippen LogP contribution in [-0.2, 0) is 11.3 Å². The Hall–Kier alpha value is -2.36. The first-order valence-corrected chi connectivity index (χ1v) is 6.61. The second-order valence-corrected chi connectivity index (χ2v) is 4.67. The molecule has 0 saturated carbocycles. The third-order valence-corrected chi connectivity index (χ3v) is 3.31. The molecular weight excluding hydrogens is 300 g/mol. The maximum atomic E-state index is 12.6. The first-order chi connectivity index (χ1) is 10.7. The van der Waals surface area contributed by atoms with Gasteiger partial charge in [-0.15, -0.1) is 0 Å². The van der Waals surface area contributed by atoms with Gasteiger partial charge in [0.1, 0.15) is 18.3 Å². The van der Waals surface area contributed by atoms with Crippen molar-refractivity contribution in [3.05, 3.63) is 30.2 Å². The van der Waals surface area contributed by atoms with Crippen molar-refractivity contribution in [1.29, 1.82) is 0 Å². The number of carbonyl (C=O) groups excluding carboxylic acids is 1. The zero-order chi connectivity index (χ0) is 15.5. The molecule has 0 N–H and O–H groups in total. The van der Waals surface area contributed by atoms with Gasteiger partial charge in [-0.2, -0.15) is 10.1 Å². The van der Waals surface area contributed by atoms with E-state index in [1.807, 2.05) is 0 Å². The maximum Gasteiger partial charge on any atom is 0.272 e.